The minimum atomic E-state index is -0.500. The van der Waals surface area contributed by atoms with Gasteiger partial charge in [0.05, 0.1) is 17.1 Å². The number of nitrogens with two attached hydrogens (primary N) is 1. The summed E-state index contributed by atoms with van der Waals surface area (Å²) in [7, 11) is 0. The van der Waals surface area contributed by atoms with E-state index < -0.39 is 5.82 Å². The number of carbonyl (C=O) groups excluding carboxylic acids is 1. The van der Waals surface area contributed by atoms with E-state index >= 15 is 0 Å². The van der Waals surface area contributed by atoms with Crippen molar-refractivity contribution in [1.82, 2.24) is 4.90 Å². The van der Waals surface area contributed by atoms with Gasteiger partial charge in [0.15, 0.2) is 5.84 Å². The van der Waals surface area contributed by atoms with Gasteiger partial charge in [-0.25, -0.2) is 4.39 Å². The molecule has 0 atom stereocenters. The first-order chi connectivity index (χ1) is 10.0. The zero-order chi connectivity index (χ0) is 15.4. The summed E-state index contributed by atoms with van der Waals surface area (Å²) in [6.07, 6.45) is 3.79. The fraction of sp³-hybridized carbons (Fsp3) is 0.429. The number of amides is 1. The van der Waals surface area contributed by atoms with Gasteiger partial charge < -0.3 is 15.8 Å². The maximum Gasteiger partial charge on any atom is 0.256 e. The van der Waals surface area contributed by atoms with Crippen LogP contribution in [0.2, 0.25) is 5.02 Å². The molecule has 1 aliphatic carbocycles. The molecule has 0 bridgehead atoms. The Hall–Kier alpha value is -1.82. The SMILES string of the molecule is NC(CN(C(=O)c1ccc(F)cc1Cl)C1CCCC1)=NO. The molecule has 114 valence electrons. The Morgan fingerprint density at radius 2 is 2.14 bits per heavy atom. The predicted molar refractivity (Wildman–Crippen MR) is 78.1 cm³/mol. The standard InChI is InChI=1S/C14H17ClFN3O2/c15-12-7-9(16)5-6-11(12)14(20)19(8-13(17)18-21)10-3-1-2-4-10/h5-7,10,21H,1-4,8H2,(H2,17,18). The predicted octanol–water partition coefficient (Wildman–Crippen LogP) is 2.61. The summed E-state index contributed by atoms with van der Waals surface area (Å²) < 4.78 is 13.1. The summed E-state index contributed by atoms with van der Waals surface area (Å²) in [5, 5.41) is 11.7. The number of amidine groups is 1. The fourth-order valence-electron chi connectivity index (χ4n) is 2.61. The maximum absolute atomic E-state index is 13.1. The molecule has 5 nitrogen and oxygen atoms in total. The quantitative estimate of drug-likeness (QED) is 0.388. The summed E-state index contributed by atoms with van der Waals surface area (Å²) in [5.74, 6) is -0.882. The molecule has 0 spiro atoms. The van der Waals surface area contributed by atoms with E-state index in [1.165, 1.54) is 12.1 Å². The number of nitrogens with zero attached hydrogens (tertiary/aromatic N) is 2. The Morgan fingerprint density at radius 3 is 2.71 bits per heavy atom. The van der Waals surface area contributed by atoms with Gasteiger partial charge in [-0.3, -0.25) is 4.79 Å². The van der Waals surface area contributed by atoms with E-state index in [0.29, 0.717) is 0 Å². The second kappa shape index (κ2) is 6.76. The molecule has 1 saturated carbocycles. The minimum Gasteiger partial charge on any atom is -0.409 e. The fourth-order valence-corrected chi connectivity index (χ4v) is 2.85. The van der Waals surface area contributed by atoms with E-state index in [0.717, 1.165) is 31.7 Å². The van der Waals surface area contributed by atoms with Gasteiger partial charge in [0, 0.05) is 6.04 Å². The summed E-state index contributed by atoms with van der Waals surface area (Å²) in [5.41, 5.74) is 5.75. The van der Waals surface area contributed by atoms with Crippen LogP contribution in [0.15, 0.2) is 23.4 Å². The number of carbonyl (C=O) groups is 1. The Bertz CT molecular complexity index is 559. The highest BCUT2D eigenvalue weighted by Gasteiger charge is 2.29. The van der Waals surface area contributed by atoms with E-state index in [1.54, 1.807) is 4.90 Å². The van der Waals surface area contributed by atoms with Crippen LogP contribution < -0.4 is 5.73 Å². The van der Waals surface area contributed by atoms with Crippen LogP contribution in [0, 0.1) is 5.82 Å². The van der Waals surface area contributed by atoms with Crippen LogP contribution in [0.5, 0.6) is 0 Å². The summed E-state index contributed by atoms with van der Waals surface area (Å²) in [6, 6.07) is 3.67. The highest BCUT2D eigenvalue weighted by molar-refractivity contribution is 6.33. The summed E-state index contributed by atoms with van der Waals surface area (Å²) in [4.78, 5) is 14.2. The summed E-state index contributed by atoms with van der Waals surface area (Å²) in [6.45, 7) is 0.0215. The van der Waals surface area contributed by atoms with E-state index in [-0.39, 0.29) is 34.9 Å². The van der Waals surface area contributed by atoms with E-state index in [1.807, 2.05) is 0 Å². The van der Waals surface area contributed by atoms with Crippen LogP contribution >= 0.6 is 11.6 Å². The molecular weight excluding hydrogens is 297 g/mol. The number of oxime groups is 1. The van der Waals surface area contributed by atoms with Crippen LogP contribution in [-0.4, -0.2) is 34.4 Å². The molecule has 0 aromatic heterocycles. The van der Waals surface area contributed by atoms with Crippen LogP contribution in [0.4, 0.5) is 4.39 Å². The van der Waals surface area contributed by atoms with Gasteiger partial charge in [-0.05, 0) is 31.0 Å². The second-order valence-electron chi connectivity index (χ2n) is 5.09. The molecule has 0 heterocycles. The first-order valence-corrected chi connectivity index (χ1v) is 7.13. The molecule has 1 aromatic carbocycles. The third-order valence-corrected chi connectivity index (χ3v) is 3.96. The minimum absolute atomic E-state index is 0.0215. The molecule has 1 aliphatic rings. The van der Waals surface area contributed by atoms with Crippen molar-refractivity contribution in [3.63, 3.8) is 0 Å². The van der Waals surface area contributed by atoms with Crippen molar-refractivity contribution >= 4 is 23.3 Å². The van der Waals surface area contributed by atoms with E-state index in [4.69, 9.17) is 22.5 Å². The van der Waals surface area contributed by atoms with Crippen LogP contribution in [0.1, 0.15) is 36.0 Å². The monoisotopic (exact) mass is 313 g/mol. The lowest BCUT2D eigenvalue weighted by atomic mass is 10.1. The highest BCUT2D eigenvalue weighted by Crippen LogP contribution is 2.27. The van der Waals surface area contributed by atoms with Crippen molar-refractivity contribution in [1.29, 1.82) is 0 Å². The first-order valence-electron chi connectivity index (χ1n) is 6.75. The smallest absolute Gasteiger partial charge is 0.256 e. The lowest BCUT2D eigenvalue weighted by Crippen LogP contribution is -2.44. The normalized spacial score (nSPS) is 16.2. The van der Waals surface area contributed by atoms with Gasteiger partial charge in [-0.1, -0.05) is 29.6 Å². The zero-order valence-corrected chi connectivity index (χ0v) is 12.2. The molecular formula is C14H17ClFN3O2. The van der Waals surface area contributed by atoms with Gasteiger partial charge in [0.2, 0.25) is 0 Å². The topological polar surface area (TPSA) is 78.9 Å². The van der Waals surface area contributed by atoms with Gasteiger partial charge in [-0.2, -0.15) is 0 Å². The Morgan fingerprint density at radius 1 is 1.48 bits per heavy atom. The van der Waals surface area contributed by atoms with E-state index in [2.05, 4.69) is 5.16 Å². The molecule has 0 saturated heterocycles. The van der Waals surface area contributed by atoms with Crippen molar-refractivity contribution in [2.75, 3.05) is 6.54 Å². The van der Waals surface area contributed by atoms with Gasteiger partial charge in [-0.15, -0.1) is 0 Å². The average molecular weight is 314 g/mol. The number of rotatable bonds is 4. The van der Waals surface area contributed by atoms with Crippen molar-refractivity contribution in [2.24, 2.45) is 10.9 Å². The third-order valence-electron chi connectivity index (χ3n) is 3.65. The van der Waals surface area contributed by atoms with Gasteiger partial charge >= 0.3 is 0 Å². The average Bonchev–Trinajstić information content (AvgIpc) is 2.97. The number of benzene rings is 1. The number of hydrogen-bond acceptors (Lipinski definition) is 3. The van der Waals surface area contributed by atoms with E-state index in [9.17, 15) is 9.18 Å². The third kappa shape index (κ3) is 3.64. The van der Waals surface area contributed by atoms with Crippen molar-refractivity contribution in [3.8, 4) is 0 Å². The largest absolute Gasteiger partial charge is 0.409 e. The number of halogens is 2. The zero-order valence-electron chi connectivity index (χ0n) is 11.4. The highest BCUT2D eigenvalue weighted by atomic mass is 35.5. The Kier molecular flexibility index (Phi) is 5.01. The number of hydrogen-bond donors (Lipinski definition) is 2. The molecule has 1 amide bonds. The van der Waals surface area contributed by atoms with Crippen LogP contribution in [0.25, 0.3) is 0 Å². The van der Waals surface area contributed by atoms with Crippen LogP contribution in [-0.2, 0) is 0 Å². The second-order valence-corrected chi connectivity index (χ2v) is 5.49. The molecule has 0 aliphatic heterocycles. The molecule has 0 unspecified atom stereocenters. The summed E-state index contributed by atoms with van der Waals surface area (Å²) >= 11 is 5.95. The van der Waals surface area contributed by atoms with Gasteiger partial charge in [0.25, 0.3) is 5.91 Å². The van der Waals surface area contributed by atoms with Crippen molar-refractivity contribution < 1.29 is 14.4 Å². The molecule has 1 aromatic rings. The molecule has 2 rings (SSSR count). The van der Waals surface area contributed by atoms with Crippen molar-refractivity contribution in [3.05, 3.63) is 34.6 Å². The van der Waals surface area contributed by atoms with Crippen molar-refractivity contribution in [2.45, 2.75) is 31.7 Å². The van der Waals surface area contributed by atoms with Crippen LogP contribution in [0.3, 0.4) is 0 Å². The first kappa shape index (κ1) is 15.6. The molecule has 1 fully saturated rings. The lowest BCUT2D eigenvalue weighted by Gasteiger charge is -2.28. The Labute approximate surface area is 127 Å². The molecule has 7 heteroatoms. The maximum atomic E-state index is 13.1. The van der Waals surface area contributed by atoms with Gasteiger partial charge in [0.1, 0.15) is 5.82 Å². The Balaban J connectivity index is 2.28. The molecule has 21 heavy (non-hydrogen) atoms. The molecule has 3 N–H and O–H groups in total. The lowest BCUT2D eigenvalue weighted by molar-refractivity contribution is 0.0712. The molecule has 0 radical (unpaired) electrons.